The summed E-state index contributed by atoms with van der Waals surface area (Å²) in [6.07, 6.45) is 3.03. The van der Waals surface area contributed by atoms with Crippen LogP contribution in [0.3, 0.4) is 0 Å². The highest BCUT2D eigenvalue weighted by atomic mass is 16.5. The fraction of sp³-hybridized carbons (Fsp3) is 0.423. The van der Waals surface area contributed by atoms with E-state index in [9.17, 15) is 14.4 Å². The van der Waals surface area contributed by atoms with Gasteiger partial charge in [0.1, 0.15) is 5.75 Å². The number of aliphatic carboxylic acids is 1. The van der Waals surface area contributed by atoms with Crippen molar-refractivity contribution >= 4 is 17.8 Å². The summed E-state index contributed by atoms with van der Waals surface area (Å²) in [6.45, 7) is 2.53. The first-order valence-corrected chi connectivity index (χ1v) is 11.8. The minimum absolute atomic E-state index is 0.00372. The van der Waals surface area contributed by atoms with Crippen LogP contribution in [0, 0.1) is 0 Å². The standard InChI is InChI=1S/C26H33N3O5/c30-24-19-29(17-20-9-3-1-4-10-20)18-22-21(26(33)28-15-8-13-25(31)32)11-7-12-23(22)34-16-6-2-5-14-27-24/h1,3-4,7,9-12H,2,5-6,8,13-19H2,(H,27,30)(H,28,33)(H,31,32). The summed E-state index contributed by atoms with van der Waals surface area (Å²) in [6, 6.07) is 15.3. The molecule has 34 heavy (non-hydrogen) atoms. The van der Waals surface area contributed by atoms with Crippen molar-refractivity contribution in [2.75, 3.05) is 26.2 Å². The van der Waals surface area contributed by atoms with E-state index >= 15 is 0 Å². The van der Waals surface area contributed by atoms with Crippen molar-refractivity contribution in [2.45, 2.75) is 45.2 Å². The molecule has 8 heteroatoms. The van der Waals surface area contributed by atoms with Gasteiger partial charge in [0.2, 0.25) is 5.91 Å². The van der Waals surface area contributed by atoms with E-state index in [4.69, 9.17) is 9.84 Å². The van der Waals surface area contributed by atoms with Gasteiger partial charge in [0, 0.05) is 43.7 Å². The minimum Gasteiger partial charge on any atom is -0.493 e. The van der Waals surface area contributed by atoms with Crippen LogP contribution in [0.15, 0.2) is 48.5 Å². The smallest absolute Gasteiger partial charge is 0.303 e. The maximum atomic E-state index is 13.0. The molecular formula is C26H33N3O5. The Kier molecular flexibility index (Phi) is 9.91. The number of ether oxygens (including phenoxy) is 1. The summed E-state index contributed by atoms with van der Waals surface area (Å²) in [5.74, 6) is -0.582. The second-order valence-corrected chi connectivity index (χ2v) is 8.43. The molecule has 2 amide bonds. The molecule has 8 nitrogen and oxygen atoms in total. The van der Waals surface area contributed by atoms with Crippen LogP contribution < -0.4 is 15.4 Å². The summed E-state index contributed by atoms with van der Waals surface area (Å²) in [5, 5.41) is 14.6. The number of hydrogen-bond donors (Lipinski definition) is 3. The summed E-state index contributed by atoms with van der Waals surface area (Å²) in [5.41, 5.74) is 2.26. The predicted octanol–water partition coefficient (Wildman–Crippen LogP) is 2.96. The molecule has 0 saturated carbocycles. The minimum atomic E-state index is -0.891. The number of amides is 2. The number of rotatable bonds is 7. The summed E-state index contributed by atoms with van der Waals surface area (Å²) in [4.78, 5) is 38.4. The number of benzene rings is 2. The number of carboxylic acid groups (broad SMARTS) is 1. The Bertz CT molecular complexity index is 964. The Morgan fingerprint density at radius 3 is 2.65 bits per heavy atom. The third-order valence-corrected chi connectivity index (χ3v) is 5.63. The SMILES string of the molecule is O=C(O)CCCNC(=O)c1cccc2c1CN(Cc1ccccc1)CC(=O)NCCCCCO2. The maximum absolute atomic E-state index is 13.0. The first kappa shape index (κ1) is 25.2. The van der Waals surface area contributed by atoms with Gasteiger partial charge in [0.05, 0.1) is 13.2 Å². The molecule has 0 aromatic heterocycles. The number of nitrogens with one attached hydrogen (secondary N) is 2. The third-order valence-electron chi connectivity index (χ3n) is 5.63. The highest BCUT2D eigenvalue weighted by Crippen LogP contribution is 2.26. The molecule has 0 aliphatic carbocycles. The van der Waals surface area contributed by atoms with Crippen molar-refractivity contribution in [1.29, 1.82) is 0 Å². The largest absolute Gasteiger partial charge is 0.493 e. The van der Waals surface area contributed by atoms with Crippen molar-refractivity contribution in [3.05, 3.63) is 65.2 Å². The first-order chi connectivity index (χ1) is 16.5. The van der Waals surface area contributed by atoms with Gasteiger partial charge >= 0.3 is 5.97 Å². The Hall–Kier alpha value is -3.39. The lowest BCUT2D eigenvalue weighted by atomic mass is 10.0. The van der Waals surface area contributed by atoms with Crippen LogP contribution in [0.1, 0.15) is 53.6 Å². The number of carbonyl (C=O) groups excluding carboxylic acids is 2. The summed E-state index contributed by atoms with van der Waals surface area (Å²) < 4.78 is 6.08. The van der Waals surface area contributed by atoms with E-state index in [0.29, 0.717) is 44.0 Å². The lowest BCUT2D eigenvalue weighted by Crippen LogP contribution is -2.37. The van der Waals surface area contributed by atoms with Gasteiger partial charge in [-0.25, -0.2) is 0 Å². The van der Waals surface area contributed by atoms with E-state index in [1.807, 2.05) is 41.3 Å². The van der Waals surface area contributed by atoms with E-state index in [1.54, 1.807) is 12.1 Å². The molecule has 182 valence electrons. The van der Waals surface area contributed by atoms with Crippen LogP contribution in [0.2, 0.25) is 0 Å². The molecule has 3 rings (SSSR count). The zero-order valence-corrected chi connectivity index (χ0v) is 19.4. The van der Waals surface area contributed by atoms with Crippen molar-refractivity contribution in [2.24, 2.45) is 0 Å². The quantitative estimate of drug-likeness (QED) is 0.541. The number of carbonyl (C=O) groups is 3. The Balaban J connectivity index is 1.86. The van der Waals surface area contributed by atoms with E-state index in [2.05, 4.69) is 10.6 Å². The van der Waals surface area contributed by atoms with E-state index in [1.165, 1.54) is 0 Å². The molecule has 3 N–H and O–H groups in total. The molecule has 0 atom stereocenters. The van der Waals surface area contributed by atoms with Gasteiger partial charge in [0.25, 0.3) is 5.91 Å². The van der Waals surface area contributed by atoms with Gasteiger partial charge in [-0.1, -0.05) is 36.4 Å². The number of fused-ring (bicyclic) bond motifs is 1. The van der Waals surface area contributed by atoms with Gasteiger partial charge < -0.3 is 20.5 Å². The molecule has 2 aromatic carbocycles. The second-order valence-electron chi connectivity index (χ2n) is 8.43. The molecule has 0 unspecified atom stereocenters. The molecule has 0 fully saturated rings. The van der Waals surface area contributed by atoms with Crippen LogP contribution in [-0.2, 0) is 22.7 Å². The van der Waals surface area contributed by atoms with Gasteiger partial charge in [-0.2, -0.15) is 0 Å². The Morgan fingerprint density at radius 2 is 1.85 bits per heavy atom. The Labute approximate surface area is 200 Å². The maximum Gasteiger partial charge on any atom is 0.303 e. The van der Waals surface area contributed by atoms with Crippen LogP contribution >= 0.6 is 0 Å². The zero-order chi connectivity index (χ0) is 24.2. The van der Waals surface area contributed by atoms with Crippen LogP contribution in [-0.4, -0.2) is 54.0 Å². The Morgan fingerprint density at radius 1 is 1.03 bits per heavy atom. The fourth-order valence-corrected chi connectivity index (χ4v) is 3.92. The van der Waals surface area contributed by atoms with E-state index < -0.39 is 5.97 Å². The van der Waals surface area contributed by atoms with Gasteiger partial charge in [-0.05, 0) is 43.4 Å². The molecule has 0 spiro atoms. The third kappa shape index (κ3) is 8.19. The summed E-state index contributed by atoms with van der Waals surface area (Å²) in [7, 11) is 0. The van der Waals surface area contributed by atoms with Gasteiger partial charge in [0.15, 0.2) is 0 Å². The molecule has 1 aliphatic rings. The molecule has 1 aliphatic heterocycles. The number of nitrogens with zero attached hydrogens (tertiary/aromatic N) is 1. The highest BCUT2D eigenvalue weighted by molar-refractivity contribution is 5.96. The molecule has 0 bridgehead atoms. The highest BCUT2D eigenvalue weighted by Gasteiger charge is 2.21. The van der Waals surface area contributed by atoms with Crippen molar-refractivity contribution in [3.63, 3.8) is 0 Å². The van der Waals surface area contributed by atoms with Crippen molar-refractivity contribution in [1.82, 2.24) is 15.5 Å². The molecule has 1 heterocycles. The molecule has 0 saturated heterocycles. The molecule has 2 aromatic rings. The monoisotopic (exact) mass is 467 g/mol. The van der Waals surface area contributed by atoms with Crippen molar-refractivity contribution < 1.29 is 24.2 Å². The lowest BCUT2D eigenvalue weighted by molar-refractivity contribution is -0.137. The average molecular weight is 468 g/mol. The normalized spacial score (nSPS) is 15.5. The second kappa shape index (κ2) is 13.3. The zero-order valence-electron chi connectivity index (χ0n) is 19.4. The number of hydrogen-bond acceptors (Lipinski definition) is 5. The van der Waals surface area contributed by atoms with E-state index in [-0.39, 0.29) is 31.3 Å². The lowest BCUT2D eigenvalue weighted by Gasteiger charge is -2.24. The van der Waals surface area contributed by atoms with Gasteiger partial charge in [-0.15, -0.1) is 0 Å². The van der Waals surface area contributed by atoms with Crippen LogP contribution in [0.4, 0.5) is 0 Å². The topological polar surface area (TPSA) is 108 Å². The molecular weight excluding hydrogens is 434 g/mol. The predicted molar refractivity (Wildman–Crippen MR) is 129 cm³/mol. The van der Waals surface area contributed by atoms with Crippen molar-refractivity contribution in [3.8, 4) is 5.75 Å². The molecule has 0 radical (unpaired) electrons. The summed E-state index contributed by atoms with van der Waals surface area (Å²) >= 11 is 0. The van der Waals surface area contributed by atoms with Crippen LogP contribution in [0.25, 0.3) is 0 Å². The van der Waals surface area contributed by atoms with Gasteiger partial charge in [-0.3, -0.25) is 19.3 Å². The fourth-order valence-electron chi connectivity index (χ4n) is 3.92. The average Bonchev–Trinajstić information content (AvgIpc) is 2.83. The van der Waals surface area contributed by atoms with E-state index in [0.717, 1.165) is 30.4 Å². The number of carboxylic acids is 1. The first-order valence-electron chi connectivity index (χ1n) is 11.8. The van der Waals surface area contributed by atoms with Crippen LogP contribution in [0.5, 0.6) is 5.75 Å².